The molecule has 88 valence electrons. The number of ether oxygens (including phenoxy) is 1. The Kier molecular flexibility index (Phi) is 6.64. The zero-order chi connectivity index (χ0) is 10.9. The van der Waals surface area contributed by atoms with Crippen molar-refractivity contribution in [2.75, 3.05) is 46.4 Å². The van der Waals surface area contributed by atoms with Crippen LogP contribution in [0.3, 0.4) is 0 Å². The van der Waals surface area contributed by atoms with Crippen LogP contribution in [0, 0.1) is 5.92 Å². The first-order valence-electron chi connectivity index (χ1n) is 5.89. The molecular weight excluding hydrogens is 188 g/mol. The molecule has 1 fully saturated rings. The monoisotopic (exact) mass is 212 g/mol. The highest BCUT2D eigenvalue weighted by Gasteiger charge is 2.15. The van der Waals surface area contributed by atoms with E-state index in [0.29, 0.717) is 0 Å². The van der Waals surface area contributed by atoms with Crippen LogP contribution in [0.15, 0.2) is 12.7 Å². The summed E-state index contributed by atoms with van der Waals surface area (Å²) >= 11 is 0. The summed E-state index contributed by atoms with van der Waals surface area (Å²) in [7, 11) is 1.76. The lowest BCUT2D eigenvalue weighted by Gasteiger charge is -2.29. The summed E-state index contributed by atoms with van der Waals surface area (Å²) in [6.45, 7) is 10.2. The molecule has 1 heterocycles. The molecule has 0 unspecified atom stereocenters. The van der Waals surface area contributed by atoms with E-state index in [4.69, 9.17) is 4.74 Å². The van der Waals surface area contributed by atoms with Gasteiger partial charge in [0.1, 0.15) is 0 Å². The van der Waals surface area contributed by atoms with Crippen LogP contribution in [0.5, 0.6) is 0 Å². The van der Waals surface area contributed by atoms with Crippen molar-refractivity contribution in [3.05, 3.63) is 12.7 Å². The third-order valence-electron chi connectivity index (χ3n) is 2.97. The van der Waals surface area contributed by atoms with Crippen molar-refractivity contribution in [3.63, 3.8) is 0 Å². The van der Waals surface area contributed by atoms with Gasteiger partial charge in [0.05, 0.1) is 6.61 Å². The number of rotatable bonds is 7. The van der Waals surface area contributed by atoms with E-state index in [1.807, 2.05) is 6.08 Å². The molecule has 0 aromatic heterocycles. The summed E-state index contributed by atoms with van der Waals surface area (Å²) < 4.78 is 5.12. The fourth-order valence-electron chi connectivity index (χ4n) is 2.09. The van der Waals surface area contributed by atoms with Gasteiger partial charge in [0.25, 0.3) is 0 Å². The summed E-state index contributed by atoms with van der Waals surface area (Å²) in [5, 5.41) is 3.40. The van der Waals surface area contributed by atoms with Gasteiger partial charge < -0.3 is 10.1 Å². The number of nitrogens with zero attached hydrogens (tertiary/aromatic N) is 1. The van der Waals surface area contributed by atoms with Crippen molar-refractivity contribution in [2.24, 2.45) is 5.92 Å². The average molecular weight is 212 g/mol. The summed E-state index contributed by atoms with van der Waals surface area (Å²) in [6, 6.07) is 0. The lowest BCUT2D eigenvalue weighted by molar-refractivity contribution is 0.138. The van der Waals surface area contributed by atoms with Crippen LogP contribution in [0.1, 0.15) is 12.8 Å². The molecule has 0 spiro atoms. The van der Waals surface area contributed by atoms with E-state index in [-0.39, 0.29) is 0 Å². The van der Waals surface area contributed by atoms with E-state index in [0.717, 1.165) is 25.6 Å². The van der Waals surface area contributed by atoms with Crippen LogP contribution in [-0.2, 0) is 4.74 Å². The molecule has 0 aromatic carbocycles. The number of nitrogens with one attached hydrogen (secondary N) is 1. The molecule has 0 aromatic rings. The minimum absolute atomic E-state index is 0.818. The lowest BCUT2D eigenvalue weighted by atomic mass is 9.97. The predicted molar refractivity (Wildman–Crippen MR) is 64.1 cm³/mol. The fraction of sp³-hybridized carbons (Fsp3) is 0.833. The fourth-order valence-corrected chi connectivity index (χ4v) is 2.09. The highest BCUT2D eigenvalue weighted by molar-refractivity contribution is 4.77. The van der Waals surface area contributed by atoms with Crippen LogP contribution < -0.4 is 5.32 Å². The van der Waals surface area contributed by atoms with Crippen LogP contribution >= 0.6 is 0 Å². The first-order valence-corrected chi connectivity index (χ1v) is 5.89. The predicted octanol–water partition coefficient (Wildman–Crippen LogP) is 1.12. The molecule has 0 bridgehead atoms. The Morgan fingerprint density at radius 1 is 1.47 bits per heavy atom. The molecule has 0 radical (unpaired) electrons. The van der Waals surface area contributed by atoms with E-state index in [1.165, 1.54) is 32.5 Å². The van der Waals surface area contributed by atoms with Gasteiger partial charge in [-0.1, -0.05) is 6.08 Å². The summed E-state index contributed by atoms with van der Waals surface area (Å²) in [5.41, 5.74) is 0. The molecule has 0 saturated carbocycles. The Labute approximate surface area is 93.5 Å². The number of piperidine rings is 1. The highest BCUT2D eigenvalue weighted by atomic mass is 16.5. The zero-order valence-corrected chi connectivity index (χ0v) is 9.87. The molecule has 1 rings (SSSR count). The second kappa shape index (κ2) is 7.85. The van der Waals surface area contributed by atoms with Gasteiger partial charge in [0.15, 0.2) is 0 Å². The molecule has 0 aliphatic carbocycles. The molecule has 15 heavy (non-hydrogen) atoms. The van der Waals surface area contributed by atoms with Gasteiger partial charge in [-0.25, -0.2) is 0 Å². The molecule has 3 nitrogen and oxygen atoms in total. The Morgan fingerprint density at radius 3 is 2.80 bits per heavy atom. The van der Waals surface area contributed by atoms with E-state index < -0.39 is 0 Å². The highest BCUT2D eigenvalue weighted by Crippen LogP contribution is 2.13. The summed E-state index contributed by atoms with van der Waals surface area (Å²) in [6.07, 6.45) is 4.60. The maximum absolute atomic E-state index is 5.12. The minimum Gasteiger partial charge on any atom is -0.383 e. The largest absolute Gasteiger partial charge is 0.383 e. The van der Waals surface area contributed by atoms with Crippen LogP contribution in [0.2, 0.25) is 0 Å². The molecule has 0 amide bonds. The van der Waals surface area contributed by atoms with E-state index >= 15 is 0 Å². The molecule has 1 N–H and O–H groups in total. The van der Waals surface area contributed by atoms with E-state index in [1.54, 1.807) is 7.11 Å². The maximum Gasteiger partial charge on any atom is 0.0589 e. The van der Waals surface area contributed by atoms with Gasteiger partial charge in [-0.15, -0.1) is 6.58 Å². The molecule has 3 heteroatoms. The van der Waals surface area contributed by atoms with Crippen molar-refractivity contribution in [2.45, 2.75) is 12.8 Å². The first-order chi connectivity index (χ1) is 7.36. The topological polar surface area (TPSA) is 24.5 Å². The minimum atomic E-state index is 0.818. The lowest BCUT2D eigenvalue weighted by Crippen LogP contribution is -2.37. The Bertz CT molecular complexity index is 167. The SMILES string of the molecule is C=CCN(CCOC)CC1CCNCC1. The first kappa shape index (κ1) is 12.7. The van der Waals surface area contributed by atoms with Crippen LogP contribution in [0.25, 0.3) is 0 Å². The van der Waals surface area contributed by atoms with Gasteiger partial charge in [-0.2, -0.15) is 0 Å². The molecule has 1 saturated heterocycles. The molecule has 0 atom stereocenters. The zero-order valence-electron chi connectivity index (χ0n) is 9.87. The van der Waals surface area contributed by atoms with Crippen LogP contribution in [-0.4, -0.2) is 51.3 Å². The average Bonchev–Trinajstić information content (AvgIpc) is 2.28. The van der Waals surface area contributed by atoms with Gasteiger partial charge in [-0.3, -0.25) is 4.90 Å². The maximum atomic E-state index is 5.12. The Hall–Kier alpha value is -0.380. The number of hydrogen-bond acceptors (Lipinski definition) is 3. The number of hydrogen-bond donors (Lipinski definition) is 1. The summed E-state index contributed by atoms with van der Waals surface area (Å²) in [4.78, 5) is 2.44. The quantitative estimate of drug-likeness (QED) is 0.640. The second-order valence-corrected chi connectivity index (χ2v) is 4.23. The van der Waals surface area contributed by atoms with Crippen molar-refractivity contribution in [1.29, 1.82) is 0 Å². The van der Waals surface area contributed by atoms with Crippen molar-refractivity contribution < 1.29 is 4.74 Å². The van der Waals surface area contributed by atoms with Gasteiger partial charge in [0.2, 0.25) is 0 Å². The van der Waals surface area contributed by atoms with E-state index in [2.05, 4.69) is 16.8 Å². The molecule has 1 aliphatic heterocycles. The second-order valence-electron chi connectivity index (χ2n) is 4.23. The smallest absolute Gasteiger partial charge is 0.0589 e. The van der Waals surface area contributed by atoms with Crippen molar-refractivity contribution in [3.8, 4) is 0 Å². The van der Waals surface area contributed by atoms with Gasteiger partial charge >= 0.3 is 0 Å². The summed E-state index contributed by atoms with van der Waals surface area (Å²) in [5.74, 6) is 0.850. The Balaban J connectivity index is 2.24. The van der Waals surface area contributed by atoms with E-state index in [9.17, 15) is 0 Å². The standard InChI is InChI=1S/C12H24N2O/c1-3-8-14(9-10-15-2)11-12-4-6-13-7-5-12/h3,12-13H,1,4-11H2,2H3. The molecule has 1 aliphatic rings. The third-order valence-corrected chi connectivity index (χ3v) is 2.97. The van der Waals surface area contributed by atoms with Gasteiger partial charge in [0, 0.05) is 26.7 Å². The normalized spacial score (nSPS) is 18.3. The van der Waals surface area contributed by atoms with Crippen molar-refractivity contribution >= 4 is 0 Å². The third kappa shape index (κ3) is 5.30. The van der Waals surface area contributed by atoms with Gasteiger partial charge in [-0.05, 0) is 31.8 Å². The molecular formula is C12H24N2O. The Morgan fingerprint density at radius 2 is 2.20 bits per heavy atom. The van der Waals surface area contributed by atoms with Crippen molar-refractivity contribution in [1.82, 2.24) is 10.2 Å². The van der Waals surface area contributed by atoms with Crippen LogP contribution in [0.4, 0.5) is 0 Å². The number of methoxy groups -OCH3 is 1.